The SMILES string of the molecule is COc1nn(C)cc1Nc1nc(N2CC(F)C(NC(=O)O)C2)nc2c1ncn2C12CC(C1)C2. The lowest BCUT2D eigenvalue weighted by atomic mass is 9.50. The summed E-state index contributed by atoms with van der Waals surface area (Å²) in [4.78, 5) is 26.7. The molecule has 3 saturated carbocycles. The minimum Gasteiger partial charge on any atom is -0.478 e. The summed E-state index contributed by atoms with van der Waals surface area (Å²) in [6.07, 6.45) is 4.28. The minimum atomic E-state index is -1.36. The van der Waals surface area contributed by atoms with E-state index in [4.69, 9.17) is 14.8 Å². The van der Waals surface area contributed by atoms with Crippen LogP contribution in [0.15, 0.2) is 12.5 Å². The van der Waals surface area contributed by atoms with Gasteiger partial charge in [-0.25, -0.2) is 14.2 Å². The monoisotopic (exact) mass is 457 g/mol. The average Bonchev–Trinajstić information content (AvgIpc) is 3.37. The third-order valence-corrected chi connectivity index (χ3v) is 6.98. The molecule has 1 aliphatic heterocycles. The Balaban J connectivity index is 1.42. The fraction of sp³-hybridized carbons (Fsp3) is 0.550. The van der Waals surface area contributed by atoms with Gasteiger partial charge in [-0.05, 0) is 25.2 Å². The Morgan fingerprint density at radius 2 is 2.09 bits per heavy atom. The molecule has 7 rings (SSSR count). The molecule has 1 saturated heterocycles. The van der Waals surface area contributed by atoms with Crippen LogP contribution in [0.2, 0.25) is 0 Å². The zero-order valence-corrected chi connectivity index (χ0v) is 18.2. The molecular formula is C20H24FN9O3. The standard InChI is InChI=1S/C20H24FN9O3/c1-28-7-13(17(27-28)33-2)23-15-14-16(30(9-22-14)20-3-10(4-20)5-20)26-18(25-15)29-6-11(21)12(8-29)24-19(31)32/h7,9-12,24H,3-6,8H2,1-2H3,(H,31,32)(H,23,25,26). The maximum atomic E-state index is 14.5. The number of methoxy groups -OCH3 is 1. The molecule has 2 bridgehead atoms. The summed E-state index contributed by atoms with van der Waals surface area (Å²) in [7, 11) is 3.32. The van der Waals surface area contributed by atoms with E-state index in [0.717, 1.165) is 25.2 Å². The van der Waals surface area contributed by atoms with Crippen molar-refractivity contribution in [3.63, 3.8) is 0 Å². The number of anilines is 3. The first-order valence-corrected chi connectivity index (χ1v) is 10.8. The van der Waals surface area contributed by atoms with Crippen molar-refractivity contribution < 1.29 is 19.0 Å². The summed E-state index contributed by atoms with van der Waals surface area (Å²) in [6.45, 7) is 0.128. The normalized spacial score (nSPS) is 27.8. The van der Waals surface area contributed by atoms with E-state index >= 15 is 0 Å². The number of rotatable bonds is 6. The Labute approximate surface area is 187 Å². The molecule has 33 heavy (non-hydrogen) atoms. The first-order chi connectivity index (χ1) is 15.8. The van der Waals surface area contributed by atoms with E-state index in [1.54, 1.807) is 29.2 Å². The first kappa shape index (κ1) is 20.0. The maximum absolute atomic E-state index is 14.5. The molecule has 0 aromatic carbocycles. The van der Waals surface area contributed by atoms with Crippen LogP contribution in [0.25, 0.3) is 11.2 Å². The van der Waals surface area contributed by atoms with Gasteiger partial charge in [0, 0.05) is 19.1 Å². The van der Waals surface area contributed by atoms with E-state index in [-0.39, 0.29) is 18.6 Å². The number of hydrogen-bond acceptors (Lipinski definition) is 8. The zero-order valence-electron chi connectivity index (χ0n) is 18.2. The average molecular weight is 457 g/mol. The highest BCUT2D eigenvalue weighted by atomic mass is 19.1. The molecule has 0 radical (unpaired) electrons. The second-order valence-electron chi connectivity index (χ2n) is 9.19. The Kier molecular flexibility index (Phi) is 4.20. The molecule has 2 unspecified atom stereocenters. The number of nitrogens with one attached hydrogen (secondary N) is 2. The lowest BCUT2D eigenvalue weighted by Crippen LogP contribution is -2.59. The molecule has 4 aliphatic rings. The number of nitrogens with zero attached hydrogens (tertiary/aromatic N) is 7. The van der Waals surface area contributed by atoms with Crippen molar-refractivity contribution in [1.29, 1.82) is 0 Å². The van der Waals surface area contributed by atoms with Gasteiger partial charge in [0.25, 0.3) is 5.88 Å². The predicted molar refractivity (Wildman–Crippen MR) is 116 cm³/mol. The Bertz CT molecular complexity index is 1240. The van der Waals surface area contributed by atoms with Gasteiger partial charge in [-0.1, -0.05) is 0 Å². The van der Waals surface area contributed by atoms with E-state index in [2.05, 4.69) is 30.3 Å². The number of aromatic nitrogens is 6. The second kappa shape index (κ2) is 6.93. The topological polar surface area (TPSA) is 135 Å². The molecule has 174 valence electrons. The fourth-order valence-electron chi connectivity index (χ4n) is 5.25. The van der Waals surface area contributed by atoms with Gasteiger partial charge in [0.05, 0.1) is 32.2 Å². The number of fused-ring (bicyclic) bond motifs is 1. The molecule has 4 heterocycles. The van der Waals surface area contributed by atoms with Gasteiger partial charge in [0.2, 0.25) is 5.95 Å². The molecule has 3 aliphatic carbocycles. The highest BCUT2D eigenvalue weighted by Gasteiger charge is 2.58. The Morgan fingerprint density at radius 1 is 1.30 bits per heavy atom. The Morgan fingerprint density at radius 3 is 2.76 bits per heavy atom. The van der Waals surface area contributed by atoms with Gasteiger partial charge in [0.15, 0.2) is 17.0 Å². The summed E-state index contributed by atoms with van der Waals surface area (Å²) >= 11 is 0. The maximum Gasteiger partial charge on any atom is 0.405 e. The highest BCUT2D eigenvalue weighted by Crippen LogP contribution is 2.62. The van der Waals surface area contributed by atoms with Crippen molar-refractivity contribution in [3.8, 4) is 5.88 Å². The van der Waals surface area contributed by atoms with E-state index in [1.807, 2.05) is 0 Å². The lowest BCUT2D eigenvalue weighted by molar-refractivity contribution is -0.0862. The van der Waals surface area contributed by atoms with Gasteiger partial charge in [-0.3, -0.25) is 4.68 Å². The number of hydrogen-bond donors (Lipinski definition) is 3. The van der Waals surface area contributed by atoms with Crippen LogP contribution >= 0.6 is 0 Å². The lowest BCUT2D eigenvalue weighted by Gasteiger charge is -2.62. The highest BCUT2D eigenvalue weighted by molar-refractivity contribution is 5.87. The van der Waals surface area contributed by atoms with Crippen molar-refractivity contribution in [2.45, 2.75) is 37.0 Å². The van der Waals surface area contributed by atoms with E-state index in [1.165, 1.54) is 7.11 Å². The number of carboxylic acid groups (broad SMARTS) is 1. The fourth-order valence-corrected chi connectivity index (χ4v) is 5.25. The van der Waals surface area contributed by atoms with E-state index in [9.17, 15) is 9.18 Å². The molecule has 3 aromatic rings. The molecular weight excluding hydrogens is 433 g/mol. The number of imidazole rings is 1. The third kappa shape index (κ3) is 3.05. The molecule has 2 atom stereocenters. The molecule has 4 fully saturated rings. The third-order valence-electron chi connectivity index (χ3n) is 6.98. The molecule has 1 amide bonds. The van der Waals surface area contributed by atoms with Crippen LogP contribution in [0, 0.1) is 5.92 Å². The Hall–Kier alpha value is -3.64. The minimum absolute atomic E-state index is 0.00649. The molecule has 0 spiro atoms. The van der Waals surface area contributed by atoms with Gasteiger partial charge >= 0.3 is 6.09 Å². The van der Waals surface area contributed by atoms with Crippen LogP contribution in [0.4, 0.5) is 26.6 Å². The van der Waals surface area contributed by atoms with Crippen LogP contribution in [-0.2, 0) is 12.6 Å². The smallest absolute Gasteiger partial charge is 0.405 e. The zero-order chi connectivity index (χ0) is 22.9. The van der Waals surface area contributed by atoms with Crippen LogP contribution < -0.4 is 20.3 Å². The van der Waals surface area contributed by atoms with E-state index < -0.39 is 18.3 Å². The quantitative estimate of drug-likeness (QED) is 0.504. The number of alkyl halides is 1. The summed E-state index contributed by atoms with van der Waals surface area (Å²) in [5.41, 5.74) is 1.94. The van der Waals surface area contributed by atoms with Crippen LogP contribution in [0.3, 0.4) is 0 Å². The van der Waals surface area contributed by atoms with Crippen LogP contribution in [0.5, 0.6) is 5.88 Å². The van der Waals surface area contributed by atoms with Crippen molar-refractivity contribution in [2.75, 3.05) is 30.4 Å². The van der Waals surface area contributed by atoms with Crippen molar-refractivity contribution >= 4 is 34.7 Å². The first-order valence-electron chi connectivity index (χ1n) is 10.8. The number of ether oxygens (including phenoxy) is 1. The summed E-state index contributed by atoms with van der Waals surface area (Å²) in [6, 6.07) is -0.848. The van der Waals surface area contributed by atoms with Crippen molar-refractivity contribution in [1.82, 2.24) is 34.6 Å². The summed E-state index contributed by atoms with van der Waals surface area (Å²) in [5, 5.41) is 18.8. The van der Waals surface area contributed by atoms with Gasteiger partial charge in [0.1, 0.15) is 11.9 Å². The van der Waals surface area contributed by atoms with Gasteiger partial charge < -0.3 is 29.9 Å². The summed E-state index contributed by atoms with van der Waals surface area (Å²) in [5.74, 6) is 1.95. The predicted octanol–water partition coefficient (Wildman–Crippen LogP) is 1.62. The number of halogens is 1. The largest absolute Gasteiger partial charge is 0.478 e. The number of aryl methyl sites for hydroxylation is 1. The van der Waals surface area contributed by atoms with Gasteiger partial charge in [-0.2, -0.15) is 9.97 Å². The molecule has 12 nitrogen and oxygen atoms in total. The molecule has 13 heteroatoms. The van der Waals surface area contributed by atoms with Crippen LogP contribution in [0.1, 0.15) is 19.3 Å². The van der Waals surface area contributed by atoms with Crippen molar-refractivity contribution in [2.24, 2.45) is 13.0 Å². The second-order valence-corrected chi connectivity index (χ2v) is 9.19. The van der Waals surface area contributed by atoms with Gasteiger partial charge in [-0.15, -0.1) is 5.10 Å². The summed E-state index contributed by atoms with van der Waals surface area (Å²) < 4.78 is 23.6. The number of amides is 1. The van der Waals surface area contributed by atoms with Crippen molar-refractivity contribution in [3.05, 3.63) is 12.5 Å². The molecule has 3 N–H and O–H groups in total. The number of carbonyl (C=O) groups is 1. The van der Waals surface area contributed by atoms with E-state index in [0.29, 0.717) is 34.5 Å². The van der Waals surface area contributed by atoms with Crippen LogP contribution in [-0.4, -0.2) is 72.9 Å². The molecule has 3 aromatic heterocycles.